The molecule has 0 aliphatic carbocycles. The molecule has 1 atom stereocenters. The first-order valence-corrected chi connectivity index (χ1v) is 15.2. The number of nitrogens with one attached hydrogen (secondary N) is 2. The molecular weight excluding hydrogens is 534 g/mol. The number of nitrogens with zero attached hydrogens (tertiary/aromatic N) is 5. The van der Waals surface area contributed by atoms with E-state index >= 15 is 0 Å². The van der Waals surface area contributed by atoms with Gasteiger partial charge in [-0.15, -0.1) is 0 Å². The van der Waals surface area contributed by atoms with E-state index in [9.17, 15) is 4.79 Å². The van der Waals surface area contributed by atoms with Crippen LogP contribution in [-0.2, 0) is 17.8 Å². The van der Waals surface area contributed by atoms with Crippen molar-refractivity contribution in [3.8, 4) is 33.6 Å². The Bertz CT molecular complexity index is 1620. The van der Waals surface area contributed by atoms with Gasteiger partial charge in [-0.2, -0.15) is 0 Å². The molecule has 1 saturated heterocycles. The average Bonchev–Trinajstić information content (AvgIpc) is 3.82. The zero-order valence-electron chi connectivity index (χ0n) is 25.0. The summed E-state index contributed by atoms with van der Waals surface area (Å²) in [4.78, 5) is 37.7. The predicted octanol–water partition coefficient (Wildman–Crippen LogP) is 6.67. The van der Waals surface area contributed by atoms with E-state index in [1.54, 1.807) is 6.20 Å². The second-order valence-electron chi connectivity index (χ2n) is 11.4. The van der Waals surface area contributed by atoms with Crippen LogP contribution in [0, 0.1) is 0 Å². The summed E-state index contributed by atoms with van der Waals surface area (Å²) in [7, 11) is 2.12. The number of hydrogen-bond donors (Lipinski definition) is 2. The van der Waals surface area contributed by atoms with Crippen LogP contribution in [-0.4, -0.2) is 60.8 Å². The van der Waals surface area contributed by atoms with Crippen molar-refractivity contribution in [1.82, 2.24) is 34.7 Å². The van der Waals surface area contributed by atoms with Crippen molar-refractivity contribution in [3.63, 3.8) is 0 Å². The number of rotatable bonds is 11. The lowest BCUT2D eigenvalue weighted by Gasteiger charge is -2.23. The number of H-pyrrole nitrogens is 2. The van der Waals surface area contributed by atoms with Crippen LogP contribution < -0.4 is 0 Å². The topological polar surface area (TPSA) is 93.8 Å². The van der Waals surface area contributed by atoms with Gasteiger partial charge in [-0.3, -0.25) is 14.7 Å². The highest BCUT2D eigenvalue weighted by Crippen LogP contribution is 2.33. The van der Waals surface area contributed by atoms with Crippen LogP contribution in [0.25, 0.3) is 33.6 Å². The Morgan fingerprint density at radius 3 is 2.26 bits per heavy atom. The fourth-order valence-electron chi connectivity index (χ4n) is 5.93. The van der Waals surface area contributed by atoms with E-state index < -0.39 is 0 Å². The van der Waals surface area contributed by atoms with Crippen molar-refractivity contribution in [1.29, 1.82) is 0 Å². The van der Waals surface area contributed by atoms with E-state index in [1.807, 2.05) is 35.6 Å². The van der Waals surface area contributed by atoms with Gasteiger partial charge in [-0.1, -0.05) is 61.5 Å². The van der Waals surface area contributed by atoms with Crippen LogP contribution in [0.2, 0.25) is 0 Å². The Hall–Kier alpha value is -4.56. The van der Waals surface area contributed by atoms with Crippen molar-refractivity contribution in [2.24, 2.45) is 0 Å². The molecule has 1 aliphatic heterocycles. The molecule has 6 rings (SSSR count). The van der Waals surface area contributed by atoms with E-state index in [0.29, 0.717) is 12.8 Å². The van der Waals surface area contributed by atoms with Crippen molar-refractivity contribution < 1.29 is 4.79 Å². The number of likely N-dealkylation sites (tertiary alicyclic amines) is 1. The lowest BCUT2D eigenvalue weighted by Crippen LogP contribution is -2.31. The Morgan fingerprint density at radius 2 is 1.58 bits per heavy atom. The minimum atomic E-state index is -0.00358. The van der Waals surface area contributed by atoms with Gasteiger partial charge in [0, 0.05) is 25.4 Å². The van der Waals surface area contributed by atoms with Crippen molar-refractivity contribution in [2.45, 2.75) is 51.6 Å². The summed E-state index contributed by atoms with van der Waals surface area (Å²) in [5, 5.41) is 0. The third-order valence-electron chi connectivity index (χ3n) is 8.21. The number of aromatic nitrogens is 5. The zero-order chi connectivity index (χ0) is 29.6. The SMILES string of the molecule is CCCN(C)Cc1ncc(-c2ccc(-c3ccc(-c4cnc([C@@H]5CCCN5C(=O)CCc5cccnc5)[nH]4)cc3)cc2)[nH]1. The van der Waals surface area contributed by atoms with Crippen LogP contribution in [0.4, 0.5) is 0 Å². The quantitative estimate of drug-likeness (QED) is 0.184. The van der Waals surface area contributed by atoms with E-state index in [0.717, 1.165) is 89.8 Å². The van der Waals surface area contributed by atoms with Gasteiger partial charge in [-0.05, 0) is 73.2 Å². The number of carbonyl (C=O) groups is 1. The molecule has 0 spiro atoms. The molecular formula is C35H39N7O. The number of aromatic amines is 2. The number of aryl methyl sites for hydroxylation is 1. The second kappa shape index (κ2) is 13.2. The lowest BCUT2D eigenvalue weighted by molar-refractivity contribution is -0.132. The Balaban J connectivity index is 1.08. The molecule has 4 heterocycles. The zero-order valence-corrected chi connectivity index (χ0v) is 25.0. The summed E-state index contributed by atoms with van der Waals surface area (Å²) < 4.78 is 0. The molecule has 2 aromatic carbocycles. The van der Waals surface area contributed by atoms with Crippen LogP contribution in [0.3, 0.4) is 0 Å². The Labute approximate surface area is 253 Å². The standard InChI is InChI=1S/C35H39N7O/c1-3-19-41(2)24-33-37-22-30(39-33)28-13-9-26(10-14-28)27-11-15-29(16-12-27)31-23-38-35(40-31)32-7-5-20-42(32)34(43)17-8-25-6-4-18-36-21-25/h4,6,9-16,18,21-23,32H,3,5,7-8,17,19-20,24H2,1-2H3,(H,37,39)(H,38,40)/t32-/m0/s1. The molecule has 8 heteroatoms. The molecule has 3 aromatic heterocycles. The van der Waals surface area contributed by atoms with Gasteiger partial charge in [0.15, 0.2) is 0 Å². The van der Waals surface area contributed by atoms with Crippen LogP contribution >= 0.6 is 0 Å². The van der Waals surface area contributed by atoms with Crippen molar-refractivity contribution in [3.05, 3.63) is 103 Å². The van der Waals surface area contributed by atoms with Gasteiger partial charge in [0.25, 0.3) is 0 Å². The number of amides is 1. The van der Waals surface area contributed by atoms with Gasteiger partial charge < -0.3 is 14.9 Å². The fourth-order valence-corrected chi connectivity index (χ4v) is 5.93. The third-order valence-corrected chi connectivity index (χ3v) is 8.21. The molecule has 0 unspecified atom stereocenters. The number of hydrogen-bond acceptors (Lipinski definition) is 5. The van der Waals surface area contributed by atoms with Crippen LogP contribution in [0.1, 0.15) is 55.9 Å². The Kier molecular flexibility index (Phi) is 8.75. The van der Waals surface area contributed by atoms with E-state index in [1.165, 1.54) is 0 Å². The van der Waals surface area contributed by atoms with Crippen LogP contribution in [0.15, 0.2) is 85.5 Å². The molecule has 220 valence electrons. The van der Waals surface area contributed by atoms with E-state index in [-0.39, 0.29) is 11.9 Å². The number of benzene rings is 2. The van der Waals surface area contributed by atoms with Crippen LogP contribution in [0.5, 0.6) is 0 Å². The summed E-state index contributed by atoms with van der Waals surface area (Å²) in [6.45, 7) is 4.84. The molecule has 1 aliphatic rings. The van der Waals surface area contributed by atoms with Gasteiger partial charge in [0.05, 0.1) is 36.4 Å². The first-order chi connectivity index (χ1) is 21.1. The molecule has 5 aromatic rings. The van der Waals surface area contributed by atoms with E-state index in [4.69, 9.17) is 4.98 Å². The molecule has 43 heavy (non-hydrogen) atoms. The summed E-state index contributed by atoms with van der Waals surface area (Å²) in [5.74, 6) is 2.02. The number of pyridine rings is 1. The molecule has 0 radical (unpaired) electrons. The summed E-state index contributed by atoms with van der Waals surface area (Å²) in [5.41, 5.74) is 7.60. The monoisotopic (exact) mass is 573 g/mol. The average molecular weight is 574 g/mol. The minimum absolute atomic E-state index is 0.00358. The lowest BCUT2D eigenvalue weighted by atomic mass is 10.0. The molecule has 8 nitrogen and oxygen atoms in total. The molecule has 1 amide bonds. The highest BCUT2D eigenvalue weighted by Gasteiger charge is 2.31. The summed E-state index contributed by atoms with van der Waals surface area (Å²) in [6, 6.07) is 21.1. The van der Waals surface area contributed by atoms with Gasteiger partial charge >= 0.3 is 0 Å². The normalized spacial score (nSPS) is 15.0. The van der Waals surface area contributed by atoms with E-state index in [2.05, 4.69) is 87.3 Å². The molecule has 0 saturated carbocycles. The maximum Gasteiger partial charge on any atom is 0.223 e. The maximum absolute atomic E-state index is 13.1. The van der Waals surface area contributed by atoms with Gasteiger partial charge in [0.2, 0.25) is 5.91 Å². The third kappa shape index (κ3) is 6.75. The minimum Gasteiger partial charge on any atom is -0.341 e. The molecule has 0 bridgehead atoms. The summed E-state index contributed by atoms with van der Waals surface area (Å²) >= 11 is 0. The van der Waals surface area contributed by atoms with Gasteiger partial charge in [0.1, 0.15) is 11.6 Å². The maximum atomic E-state index is 13.1. The number of carbonyl (C=O) groups excluding carboxylic acids is 1. The fraction of sp³-hybridized carbons (Fsp3) is 0.314. The first kappa shape index (κ1) is 28.6. The predicted molar refractivity (Wildman–Crippen MR) is 170 cm³/mol. The highest BCUT2D eigenvalue weighted by atomic mass is 16.2. The first-order valence-electron chi connectivity index (χ1n) is 15.2. The van der Waals surface area contributed by atoms with Crippen molar-refractivity contribution >= 4 is 5.91 Å². The van der Waals surface area contributed by atoms with Crippen molar-refractivity contribution in [2.75, 3.05) is 20.1 Å². The number of imidazole rings is 2. The molecule has 2 N–H and O–H groups in total. The highest BCUT2D eigenvalue weighted by molar-refractivity contribution is 5.77. The molecule has 1 fully saturated rings. The second-order valence-corrected chi connectivity index (χ2v) is 11.4. The van der Waals surface area contributed by atoms with Gasteiger partial charge in [-0.25, -0.2) is 9.97 Å². The Morgan fingerprint density at radius 1 is 0.907 bits per heavy atom. The largest absolute Gasteiger partial charge is 0.341 e. The smallest absolute Gasteiger partial charge is 0.223 e. The summed E-state index contributed by atoms with van der Waals surface area (Å²) in [6.07, 6.45) is 11.6.